The summed E-state index contributed by atoms with van der Waals surface area (Å²) in [5.74, 6) is 0.851. The summed E-state index contributed by atoms with van der Waals surface area (Å²) in [5, 5.41) is 2.80. The van der Waals surface area contributed by atoms with Gasteiger partial charge in [-0.15, -0.1) is 0 Å². The van der Waals surface area contributed by atoms with Crippen molar-refractivity contribution in [3.8, 4) is 0 Å². The molecule has 0 bridgehead atoms. The molecule has 168 valence electrons. The highest BCUT2D eigenvalue weighted by molar-refractivity contribution is 5.84. The number of fused-ring (bicyclic) bond motifs is 1. The molecule has 2 aliphatic rings. The Labute approximate surface area is 182 Å². The molecule has 5 nitrogen and oxygen atoms in total. The molecule has 1 aliphatic carbocycles. The van der Waals surface area contributed by atoms with Crippen LogP contribution >= 0.6 is 0 Å². The van der Waals surface area contributed by atoms with Crippen LogP contribution in [0.5, 0.6) is 0 Å². The number of hydrogen-bond donors (Lipinski definition) is 2. The zero-order valence-electron chi connectivity index (χ0n) is 19.4. The van der Waals surface area contributed by atoms with Crippen LogP contribution in [0.4, 0.5) is 10.5 Å². The number of carbonyl (C=O) groups excluding carboxylic acids is 1. The van der Waals surface area contributed by atoms with E-state index in [-0.39, 0.29) is 5.54 Å². The van der Waals surface area contributed by atoms with Crippen molar-refractivity contribution in [1.29, 1.82) is 0 Å². The second-order valence-corrected chi connectivity index (χ2v) is 10.6. The van der Waals surface area contributed by atoms with Crippen molar-refractivity contribution >= 4 is 11.8 Å². The summed E-state index contributed by atoms with van der Waals surface area (Å²) in [7, 11) is 2.28. The van der Waals surface area contributed by atoms with E-state index in [1.165, 1.54) is 50.5 Å². The van der Waals surface area contributed by atoms with E-state index in [1.807, 2.05) is 32.9 Å². The van der Waals surface area contributed by atoms with Gasteiger partial charge in [-0.3, -0.25) is 5.32 Å². The van der Waals surface area contributed by atoms with Gasteiger partial charge >= 0.3 is 6.09 Å². The molecule has 3 atom stereocenters. The first-order valence-corrected chi connectivity index (χ1v) is 11.7. The first kappa shape index (κ1) is 23.1. The van der Waals surface area contributed by atoms with E-state index in [9.17, 15) is 4.79 Å². The third-order valence-electron chi connectivity index (χ3n) is 6.65. The van der Waals surface area contributed by atoms with Gasteiger partial charge in [-0.1, -0.05) is 37.8 Å². The predicted octanol–water partition coefficient (Wildman–Crippen LogP) is 5.34. The molecule has 1 saturated heterocycles. The van der Waals surface area contributed by atoms with E-state index < -0.39 is 11.7 Å². The Bertz CT molecular complexity index is 697. The molecule has 1 aliphatic heterocycles. The molecule has 1 heterocycles. The van der Waals surface area contributed by atoms with E-state index in [1.54, 1.807) is 0 Å². The second-order valence-electron chi connectivity index (χ2n) is 10.6. The third kappa shape index (κ3) is 6.71. The molecule has 2 fully saturated rings. The van der Waals surface area contributed by atoms with Gasteiger partial charge in [0, 0.05) is 23.8 Å². The maximum absolute atomic E-state index is 12.0. The topological polar surface area (TPSA) is 67.6 Å². The zero-order valence-corrected chi connectivity index (χ0v) is 19.4. The lowest BCUT2D eigenvalue weighted by Gasteiger charge is -2.41. The number of benzene rings is 1. The van der Waals surface area contributed by atoms with Gasteiger partial charge in [-0.05, 0) is 83.5 Å². The van der Waals surface area contributed by atoms with Gasteiger partial charge in [0.05, 0.1) is 0 Å². The number of rotatable bonds is 3. The Morgan fingerprint density at radius 2 is 1.77 bits per heavy atom. The van der Waals surface area contributed by atoms with Gasteiger partial charge in [-0.2, -0.15) is 0 Å². The van der Waals surface area contributed by atoms with Crippen molar-refractivity contribution in [3.63, 3.8) is 0 Å². The van der Waals surface area contributed by atoms with Gasteiger partial charge in [0.15, 0.2) is 0 Å². The Morgan fingerprint density at radius 1 is 1.13 bits per heavy atom. The van der Waals surface area contributed by atoms with Gasteiger partial charge in [0.2, 0.25) is 0 Å². The van der Waals surface area contributed by atoms with Gasteiger partial charge in [0.1, 0.15) is 5.60 Å². The predicted molar refractivity (Wildman–Crippen MR) is 124 cm³/mol. The highest BCUT2D eigenvalue weighted by atomic mass is 16.6. The Balaban J connectivity index is 1.63. The van der Waals surface area contributed by atoms with E-state index in [2.05, 4.69) is 29.4 Å². The minimum absolute atomic E-state index is 0.207. The van der Waals surface area contributed by atoms with E-state index in [0.29, 0.717) is 6.04 Å². The maximum atomic E-state index is 12.0. The molecule has 0 spiro atoms. The van der Waals surface area contributed by atoms with Crippen molar-refractivity contribution in [2.24, 2.45) is 11.7 Å². The highest BCUT2D eigenvalue weighted by Crippen LogP contribution is 2.35. The lowest BCUT2D eigenvalue weighted by Crippen LogP contribution is -2.54. The number of amides is 1. The lowest BCUT2D eigenvalue weighted by atomic mass is 9.81. The molecule has 1 aromatic carbocycles. The molecule has 0 radical (unpaired) electrons. The fourth-order valence-corrected chi connectivity index (χ4v) is 5.36. The van der Waals surface area contributed by atoms with Crippen LogP contribution in [0.1, 0.15) is 77.7 Å². The van der Waals surface area contributed by atoms with Crippen LogP contribution in [0.2, 0.25) is 0 Å². The lowest BCUT2D eigenvalue weighted by molar-refractivity contribution is 0.0636. The number of nitrogens with zero attached hydrogens (tertiary/aromatic N) is 1. The van der Waals surface area contributed by atoms with Gasteiger partial charge in [-0.25, -0.2) is 4.79 Å². The van der Waals surface area contributed by atoms with Gasteiger partial charge < -0.3 is 15.4 Å². The number of nitrogens with two attached hydrogens (primary N) is 1. The average molecular weight is 416 g/mol. The average Bonchev–Trinajstić information content (AvgIpc) is 2.71. The summed E-state index contributed by atoms with van der Waals surface area (Å²) in [5.41, 5.74) is 8.26. The molecule has 1 unspecified atom stereocenters. The summed E-state index contributed by atoms with van der Waals surface area (Å²) < 4.78 is 5.33. The monoisotopic (exact) mass is 415 g/mol. The van der Waals surface area contributed by atoms with Crippen LogP contribution < -0.4 is 11.1 Å². The smallest absolute Gasteiger partial charge is 0.412 e. The first-order valence-electron chi connectivity index (χ1n) is 11.7. The molecule has 1 amide bonds. The number of anilines is 1. The van der Waals surface area contributed by atoms with Crippen molar-refractivity contribution in [2.75, 3.05) is 18.9 Å². The molecule has 3 rings (SSSR count). The van der Waals surface area contributed by atoms with Gasteiger partial charge in [0.25, 0.3) is 0 Å². The van der Waals surface area contributed by atoms with Crippen LogP contribution in [-0.2, 0) is 11.2 Å². The molecule has 5 heteroatoms. The van der Waals surface area contributed by atoms with Crippen molar-refractivity contribution < 1.29 is 9.53 Å². The summed E-state index contributed by atoms with van der Waals surface area (Å²) in [6, 6.07) is 8.74. The summed E-state index contributed by atoms with van der Waals surface area (Å²) in [6.45, 7) is 6.53. The van der Waals surface area contributed by atoms with Crippen LogP contribution in [0, 0.1) is 5.92 Å². The summed E-state index contributed by atoms with van der Waals surface area (Å²) in [6.07, 6.45) is 10.8. The van der Waals surface area contributed by atoms with Crippen LogP contribution in [0.3, 0.4) is 0 Å². The Kier molecular flexibility index (Phi) is 7.46. The molecule has 30 heavy (non-hydrogen) atoms. The maximum Gasteiger partial charge on any atom is 0.412 e. The summed E-state index contributed by atoms with van der Waals surface area (Å²) >= 11 is 0. The number of ether oxygens (including phenoxy) is 1. The number of likely N-dealkylation sites (N-methyl/N-ethyl adjacent to an activating group) is 1. The fraction of sp³-hybridized carbons (Fsp3) is 0.720. The van der Waals surface area contributed by atoms with E-state index >= 15 is 0 Å². The Hall–Kier alpha value is -1.59. The van der Waals surface area contributed by atoms with Crippen molar-refractivity contribution in [1.82, 2.24) is 4.90 Å². The fourth-order valence-electron chi connectivity index (χ4n) is 5.36. The van der Waals surface area contributed by atoms with E-state index in [4.69, 9.17) is 10.5 Å². The van der Waals surface area contributed by atoms with Crippen LogP contribution in [-0.4, -0.2) is 41.8 Å². The second kappa shape index (κ2) is 9.69. The minimum atomic E-state index is -0.504. The number of nitrogens with one attached hydrogen (secondary N) is 1. The number of carbonyl (C=O) groups is 1. The highest BCUT2D eigenvalue weighted by Gasteiger charge is 2.35. The molecule has 3 N–H and O–H groups in total. The van der Waals surface area contributed by atoms with Crippen molar-refractivity contribution in [2.45, 2.75) is 95.7 Å². The molecular formula is C25H41N3O2. The standard InChI is InChI=1S/C25H41N3O2/c1-24(2,3)30-23(29)27-21-14-12-19(13-15-21)17-25(26)16-8-7-10-20-9-5-6-11-22(20)28(4)18-25/h12-15,20,22H,5-11,16-18,26H2,1-4H3,(H,27,29)/t20-,22+,25?/m0/s1. The normalized spacial score (nSPS) is 28.6. The van der Waals surface area contributed by atoms with E-state index in [0.717, 1.165) is 31.0 Å². The minimum Gasteiger partial charge on any atom is -0.444 e. The summed E-state index contributed by atoms with van der Waals surface area (Å²) in [4.78, 5) is 14.5. The third-order valence-corrected chi connectivity index (χ3v) is 6.65. The zero-order chi connectivity index (χ0) is 21.8. The van der Waals surface area contributed by atoms with Crippen LogP contribution in [0.15, 0.2) is 24.3 Å². The molecule has 0 aromatic heterocycles. The quantitative estimate of drug-likeness (QED) is 0.699. The molecule has 1 saturated carbocycles. The molecule has 1 aromatic rings. The molecular weight excluding hydrogens is 374 g/mol. The Morgan fingerprint density at radius 3 is 2.43 bits per heavy atom. The van der Waals surface area contributed by atoms with Crippen LogP contribution in [0.25, 0.3) is 0 Å². The SMILES string of the molecule is CN1CC(N)(Cc2ccc(NC(=O)OC(C)(C)C)cc2)CCCC[C@@H]2CCCC[C@H]21. The first-order chi connectivity index (χ1) is 14.1. The van der Waals surface area contributed by atoms with Crippen molar-refractivity contribution in [3.05, 3.63) is 29.8 Å². The largest absolute Gasteiger partial charge is 0.444 e. The number of hydrogen-bond acceptors (Lipinski definition) is 4.